The van der Waals surface area contributed by atoms with Crippen molar-refractivity contribution in [2.75, 3.05) is 18.9 Å². The molecule has 0 amide bonds. The molecule has 5 nitrogen and oxygen atoms in total. The van der Waals surface area contributed by atoms with E-state index in [1.54, 1.807) is 25.4 Å². The lowest BCUT2D eigenvalue weighted by molar-refractivity contribution is 0.146. The van der Waals surface area contributed by atoms with E-state index in [9.17, 15) is 13.2 Å². The van der Waals surface area contributed by atoms with Crippen molar-refractivity contribution < 1.29 is 13.2 Å². The fourth-order valence-corrected chi connectivity index (χ4v) is 2.57. The van der Waals surface area contributed by atoms with Gasteiger partial charge in [0.25, 0.3) is 6.43 Å². The van der Waals surface area contributed by atoms with Gasteiger partial charge in [-0.25, -0.2) is 23.1 Å². The van der Waals surface area contributed by atoms with Gasteiger partial charge >= 0.3 is 0 Å². The van der Waals surface area contributed by atoms with Gasteiger partial charge in [0.15, 0.2) is 5.82 Å². The molecular formula is C17H16F3N5. The molecular weight excluding hydrogens is 331 g/mol. The van der Waals surface area contributed by atoms with Crippen molar-refractivity contribution in [3.05, 3.63) is 59.8 Å². The third kappa shape index (κ3) is 3.69. The summed E-state index contributed by atoms with van der Waals surface area (Å²) >= 11 is 0. The van der Waals surface area contributed by atoms with Crippen LogP contribution in [-0.2, 0) is 0 Å². The predicted molar refractivity (Wildman–Crippen MR) is 89.0 cm³/mol. The van der Waals surface area contributed by atoms with E-state index in [1.807, 2.05) is 0 Å². The Hall–Kier alpha value is -2.74. The van der Waals surface area contributed by atoms with Gasteiger partial charge in [-0.2, -0.15) is 0 Å². The Morgan fingerprint density at radius 1 is 1.12 bits per heavy atom. The predicted octanol–water partition coefficient (Wildman–Crippen LogP) is 3.47. The van der Waals surface area contributed by atoms with Gasteiger partial charge in [-0.15, -0.1) is 0 Å². The molecule has 2 aromatic heterocycles. The molecule has 0 saturated carbocycles. The molecule has 0 unspecified atom stereocenters. The van der Waals surface area contributed by atoms with Crippen LogP contribution in [0.3, 0.4) is 0 Å². The van der Waals surface area contributed by atoms with Crippen LogP contribution in [0.1, 0.15) is 23.6 Å². The Morgan fingerprint density at radius 2 is 1.96 bits per heavy atom. The van der Waals surface area contributed by atoms with Crippen LogP contribution in [0.25, 0.3) is 11.0 Å². The summed E-state index contributed by atoms with van der Waals surface area (Å²) in [5.74, 6) is -0.440. The number of benzene rings is 1. The van der Waals surface area contributed by atoms with Crippen molar-refractivity contribution in [1.82, 2.24) is 20.3 Å². The minimum Gasteiger partial charge on any atom is -0.360 e. The first kappa shape index (κ1) is 17.1. The minimum absolute atomic E-state index is 0.400. The molecule has 1 aromatic carbocycles. The van der Waals surface area contributed by atoms with Gasteiger partial charge in [0, 0.05) is 12.7 Å². The average Bonchev–Trinajstić information content (AvgIpc) is 2.62. The van der Waals surface area contributed by atoms with Crippen molar-refractivity contribution in [3.63, 3.8) is 0 Å². The Labute approximate surface area is 142 Å². The van der Waals surface area contributed by atoms with Gasteiger partial charge < -0.3 is 10.6 Å². The summed E-state index contributed by atoms with van der Waals surface area (Å²) in [6, 6.07) is 6.87. The molecule has 25 heavy (non-hydrogen) atoms. The maximum Gasteiger partial charge on any atom is 0.266 e. The zero-order valence-electron chi connectivity index (χ0n) is 13.4. The largest absolute Gasteiger partial charge is 0.360 e. The Morgan fingerprint density at radius 3 is 2.72 bits per heavy atom. The molecule has 0 saturated heterocycles. The molecule has 0 aliphatic heterocycles. The number of fused-ring (bicyclic) bond motifs is 1. The van der Waals surface area contributed by atoms with E-state index in [0.29, 0.717) is 29.0 Å². The van der Waals surface area contributed by atoms with E-state index >= 15 is 0 Å². The zero-order valence-corrected chi connectivity index (χ0v) is 13.4. The second-order valence-electron chi connectivity index (χ2n) is 5.43. The highest BCUT2D eigenvalue weighted by Gasteiger charge is 2.19. The van der Waals surface area contributed by atoms with Crippen LogP contribution in [0.2, 0.25) is 0 Å². The summed E-state index contributed by atoms with van der Waals surface area (Å²) in [4.78, 5) is 12.6. The van der Waals surface area contributed by atoms with Crippen LogP contribution in [0.5, 0.6) is 0 Å². The number of nitrogens with one attached hydrogen (secondary N) is 2. The van der Waals surface area contributed by atoms with E-state index in [2.05, 4.69) is 25.6 Å². The first-order valence-electron chi connectivity index (χ1n) is 7.64. The highest BCUT2D eigenvalue weighted by atomic mass is 19.3. The number of hydrogen-bond donors (Lipinski definition) is 2. The standard InChI is InChI=1S/C17H16F3N5/c1-21-8-14(10-4-5-12(18)11(7-10)16(19)20)25-17-15-13(23-9-24-17)3-2-6-22-15/h2-7,9,14,16,21H,8H2,1H3,(H,23,24,25)/t14-/m1/s1. The summed E-state index contributed by atoms with van der Waals surface area (Å²) in [7, 11) is 1.74. The monoisotopic (exact) mass is 347 g/mol. The van der Waals surface area contributed by atoms with Crippen molar-refractivity contribution in [2.24, 2.45) is 0 Å². The number of hydrogen-bond acceptors (Lipinski definition) is 5. The number of nitrogens with zero attached hydrogens (tertiary/aromatic N) is 3. The Kier molecular flexibility index (Phi) is 5.08. The van der Waals surface area contributed by atoms with E-state index in [0.717, 1.165) is 6.07 Å². The van der Waals surface area contributed by atoms with E-state index in [1.165, 1.54) is 18.5 Å². The molecule has 0 aliphatic rings. The van der Waals surface area contributed by atoms with Crippen LogP contribution in [0.4, 0.5) is 19.0 Å². The SMILES string of the molecule is CNC[C@@H](Nc1ncnc2cccnc12)c1ccc(F)c(C(F)F)c1. The summed E-state index contributed by atoms with van der Waals surface area (Å²) in [6.07, 6.45) is 0.145. The maximum absolute atomic E-state index is 13.6. The second-order valence-corrected chi connectivity index (χ2v) is 5.43. The third-order valence-electron chi connectivity index (χ3n) is 3.77. The third-order valence-corrected chi connectivity index (χ3v) is 3.77. The molecule has 8 heteroatoms. The molecule has 2 N–H and O–H groups in total. The number of rotatable bonds is 6. The number of halogens is 3. The van der Waals surface area contributed by atoms with E-state index in [4.69, 9.17) is 0 Å². The number of anilines is 1. The van der Waals surface area contributed by atoms with Gasteiger partial charge in [0.2, 0.25) is 0 Å². The van der Waals surface area contributed by atoms with Crippen molar-refractivity contribution in [1.29, 1.82) is 0 Å². The van der Waals surface area contributed by atoms with Gasteiger partial charge in [-0.05, 0) is 36.9 Å². The summed E-state index contributed by atoms with van der Waals surface area (Å²) in [5.41, 5.74) is 1.14. The van der Waals surface area contributed by atoms with Crippen molar-refractivity contribution in [3.8, 4) is 0 Å². The Balaban J connectivity index is 1.98. The number of pyridine rings is 1. The first-order valence-corrected chi connectivity index (χ1v) is 7.64. The fraction of sp³-hybridized carbons (Fsp3) is 0.235. The summed E-state index contributed by atoms with van der Waals surface area (Å²) in [6.45, 7) is 0.423. The molecule has 3 rings (SSSR count). The lowest BCUT2D eigenvalue weighted by Gasteiger charge is -2.21. The van der Waals surface area contributed by atoms with Crippen molar-refractivity contribution in [2.45, 2.75) is 12.5 Å². The normalized spacial score (nSPS) is 12.5. The lowest BCUT2D eigenvalue weighted by atomic mass is 10.0. The van der Waals surface area contributed by atoms with Gasteiger partial charge in [-0.3, -0.25) is 4.98 Å². The molecule has 3 aromatic rings. The highest BCUT2D eigenvalue weighted by Crippen LogP contribution is 2.28. The molecule has 1 atom stereocenters. The molecule has 0 fully saturated rings. The summed E-state index contributed by atoms with van der Waals surface area (Å²) in [5, 5.41) is 6.17. The van der Waals surface area contributed by atoms with Gasteiger partial charge in [0.1, 0.15) is 17.7 Å². The van der Waals surface area contributed by atoms with E-state index in [-0.39, 0.29) is 0 Å². The van der Waals surface area contributed by atoms with E-state index < -0.39 is 23.8 Å². The van der Waals surface area contributed by atoms with Crippen LogP contribution in [-0.4, -0.2) is 28.5 Å². The quantitative estimate of drug-likeness (QED) is 0.715. The lowest BCUT2D eigenvalue weighted by Crippen LogP contribution is -2.24. The van der Waals surface area contributed by atoms with Gasteiger partial charge in [0.05, 0.1) is 17.1 Å². The molecule has 2 heterocycles. The molecule has 0 spiro atoms. The van der Waals surface area contributed by atoms with Crippen LogP contribution >= 0.6 is 0 Å². The van der Waals surface area contributed by atoms with Crippen LogP contribution in [0.15, 0.2) is 42.9 Å². The van der Waals surface area contributed by atoms with Crippen LogP contribution in [0, 0.1) is 5.82 Å². The smallest absolute Gasteiger partial charge is 0.266 e. The first-order chi connectivity index (χ1) is 12.1. The fourth-order valence-electron chi connectivity index (χ4n) is 2.57. The topological polar surface area (TPSA) is 62.7 Å². The highest BCUT2D eigenvalue weighted by molar-refractivity contribution is 5.84. The number of alkyl halides is 2. The molecule has 0 aliphatic carbocycles. The second kappa shape index (κ2) is 7.43. The Bertz CT molecular complexity index is 867. The zero-order chi connectivity index (χ0) is 17.8. The average molecular weight is 347 g/mol. The number of likely N-dealkylation sites (N-methyl/N-ethyl adjacent to an activating group) is 1. The molecule has 0 bridgehead atoms. The van der Waals surface area contributed by atoms with Crippen LogP contribution < -0.4 is 10.6 Å². The van der Waals surface area contributed by atoms with Crippen molar-refractivity contribution >= 4 is 16.9 Å². The number of aromatic nitrogens is 3. The maximum atomic E-state index is 13.6. The molecule has 0 radical (unpaired) electrons. The molecule has 130 valence electrons. The summed E-state index contributed by atoms with van der Waals surface area (Å²) < 4.78 is 39.5. The minimum atomic E-state index is -2.88. The van der Waals surface area contributed by atoms with Gasteiger partial charge in [-0.1, -0.05) is 6.07 Å².